The van der Waals surface area contributed by atoms with Crippen molar-refractivity contribution in [2.24, 2.45) is 0 Å². The van der Waals surface area contributed by atoms with Crippen LogP contribution in [0.15, 0.2) is 30.3 Å². The topological polar surface area (TPSA) is 47.0 Å². The molecular formula is C16H20ClN3O. The van der Waals surface area contributed by atoms with Crippen LogP contribution < -0.4 is 10.1 Å². The van der Waals surface area contributed by atoms with Gasteiger partial charge in [-0.1, -0.05) is 44.5 Å². The zero-order chi connectivity index (χ0) is 15.5. The molecule has 0 spiro atoms. The van der Waals surface area contributed by atoms with Gasteiger partial charge in [0.1, 0.15) is 11.6 Å². The van der Waals surface area contributed by atoms with Crippen molar-refractivity contribution in [3.8, 4) is 5.88 Å². The highest BCUT2D eigenvalue weighted by molar-refractivity contribution is 6.30. The number of methoxy groups -OCH3 is 1. The lowest BCUT2D eigenvalue weighted by Crippen LogP contribution is -2.17. The summed E-state index contributed by atoms with van der Waals surface area (Å²) in [4.78, 5) is 8.96. The van der Waals surface area contributed by atoms with E-state index >= 15 is 0 Å². The van der Waals surface area contributed by atoms with E-state index in [1.165, 1.54) is 0 Å². The molecule has 0 aliphatic heterocycles. The number of benzene rings is 1. The first-order valence-corrected chi connectivity index (χ1v) is 7.18. The molecule has 2 aromatic rings. The third kappa shape index (κ3) is 4.33. The van der Waals surface area contributed by atoms with Crippen molar-refractivity contribution in [1.82, 2.24) is 9.97 Å². The van der Waals surface area contributed by atoms with Crippen LogP contribution in [0.1, 0.15) is 32.2 Å². The molecule has 0 radical (unpaired) electrons. The number of nitrogens with one attached hydrogen (secondary N) is 1. The molecule has 1 heterocycles. The molecule has 1 N–H and O–H groups in total. The summed E-state index contributed by atoms with van der Waals surface area (Å²) in [5.41, 5.74) is 1.000. The normalized spacial score (nSPS) is 11.3. The van der Waals surface area contributed by atoms with Gasteiger partial charge in [0.25, 0.3) is 0 Å². The fraction of sp³-hybridized carbons (Fsp3) is 0.375. The Hall–Kier alpha value is -1.81. The molecule has 1 aromatic carbocycles. The molecule has 0 bridgehead atoms. The Balaban J connectivity index is 2.17. The van der Waals surface area contributed by atoms with Crippen LogP contribution >= 0.6 is 11.6 Å². The predicted molar refractivity (Wildman–Crippen MR) is 86.1 cm³/mol. The van der Waals surface area contributed by atoms with E-state index in [1.807, 2.05) is 24.3 Å². The Kier molecular flexibility index (Phi) is 4.68. The summed E-state index contributed by atoms with van der Waals surface area (Å²) in [6, 6.07) is 9.52. The number of anilines is 1. The number of ether oxygens (including phenoxy) is 1. The van der Waals surface area contributed by atoms with Crippen LogP contribution in [0.5, 0.6) is 5.88 Å². The summed E-state index contributed by atoms with van der Waals surface area (Å²) in [5.74, 6) is 2.07. The third-order valence-electron chi connectivity index (χ3n) is 2.97. The Bertz CT molecular complexity index is 606. The summed E-state index contributed by atoms with van der Waals surface area (Å²) in [6.07, 6.45) is 0. The molecule has 0 aliphatic rings. The number of rotatable bonds is 4. The Morgan fingerprint density at radius 3 is 2.38 bits per heavy atom. The number of hydrogen-bond donors (Lipinski definition) is 1. The SMILES string of the molecule is COc1cc(NCc2ccc(Cl)cc2)nc(C(C)(C)C)n1. The summed E-state index contributed by atoms with van der Waals surface area (Å²) in [7, 11) is 1.61. The maximum atomic E-state index is 5.88. The summed E-state index contributed by atoms with van der Waals surface area (Å²) in [5, 5.41) is 4.03. The van der Waals surface area contributed by atoms with E-state index in [-0.39, 0.29) is 5.41 Å². The highest BCUT2D eigenvalue weighted by atomic mass is 35.5. The molecule has 0 amide bonds. The van der Waals surface area contributed by atoms with Crippen LogP contribution in [-0.4, -0.2) is 17.1 Å². The second-order valence-corrected chi connectivity index (χ2v) is 6.29. The smallest absolute Gasteiger partial charge is 0.218 e. The molecule has 112 valence electrons. The van der Waals surface area contributed by atoms with Gasteiger partial charge in [0.05, 0.1) is 7.11 Å². The summed E-state index contributed by atoms with van der Waals surface area (Å²) >= 11 is 5.88. The molecule has 5 heteroatoms. The molecule has 2 rings (SSSR count). The van der Waals surface area contributed by atoms with Gasteiger partial charge in [-0.05, 0) is 17.7 Å². The maximum Gasteiger partial charge on any atom is 0.218 e. The second kappa shape index (κ2) is 6.31. The minimum atomic E-state index is -0.134. The Labute approximate surface area is 130 Å². The van der Waals surface area contributed by atoms with Crippen LogP contribution in [-0.2, 0) is 12.0 Å². The van der Waals surface area contributed by atoms with E-state index in [2.05, 4.69) is 36.1 Å². The highest BCUT2D eigenvalue weighted by Gasteiger charge is 2.19. The predicted octanol–water partition coefficient (Wildman–Crippen LogP) is 4.05. The summed E-state index contributed by atoms with van der Waals surface area (Å²) in [6.45, 7) is 6.89. The molecule has 0 saturated heterocycles. The lowest BCUT2D eigenvalue weighted by molar-refractivity contribution is 0.389. The van der Waals surface area contributed by atoms with Crippen molar-refractivity contribution >= 4 is 17.4 Å². The van der Waals surface area contributed by atoms with Crippen LogP contribution in [0.4, 0.5) is 5.82 Å². The van der Waals surface area contributed by atoms with Crippen molar-refractivity contribution in [2.75, 3.05) is 12.4 Å². The quantitative estimate of drug-likeness (QED) is 0.925. The van der Waals surface area contributed by atoms with E-state index in [0.29, 0.717) is 12.4 Å². The molecule has 1 aromatic heterocycles. The average Bonchev–Trinajstić information content (AvgIpc) is 2.45. The first kappa shape index (κ1) is 15.6. The zero-order valence-corrected chi connectivity index (χ0v) is 13.5. The molecule has 0 fully saturated rings. The van der Waals surface area contributed by atoms with E-state index < -0.39 is 0 Å². The number of nitrogens with zero attached hydrogens (tertiary/aromatic N) is 2. The molecule has 0 atom stereocenters. The largest absolute Gasteiger partial charge is 0.481 e. The van der Waals surface area contributed by atoms with Crippen LogP contribution in [0, 0.1) is 0 Å². The minimum absolute atomic E-state index is 0.134. The van der Waals surface area contributed by atoms with Crippen LogP contribution in [0.25, 0.3) is 0 Å². The first-order valence-electron chi connectivity index (χ1n) is 6.80. The van der Waals surface area contributed by atoms with Crippen molar-refractivity contribution in [3.63, 3.8) is 0 Å². The van der Waals surface area contributed by atoms with Gasteiger partial charge in [0.2, 0.25) is 5.88 Å². The monoisotopic (exact) mass is 305 g/mol. The maximum absolute atomic E-state index is 5.88. The van der Waals surface area contributed by atoms with E-state index in [1.54, 1.807) is 13.2 Å². The molecule has 4 nitrogen and oxygen atoms in total. The number of halogens is 1. The second-order valence-electron chi connectivity index (χ2n) is 5.85. The summed E-state index contributed by atoms with van der Waals surface area (Å²) < 4.78 is 5.25. The van der Waals surface area contributed by atoms with E-state index in [0.717, 1.165) is 22.2 Å². The first-order chi connectivity index (χ1) is 9.88. The molecule has 0 aliphatic carbocycles. The molecule has 0 unspecified atom stereocenters. The number of hydrogen-bond acceptors (Lipinski definition) is 4. The van der Waals surface area contributed by atoms with Crippen LogP contribution in [0.2, 0.25) is 5.02 Å². The molecule has 0 saturated carbocycles. The molecular weight excluding hydrogens is 286 g/mol. The van der Waals surface area contributed by atoms with E-state index in [4.69, 9.17) is 16.3 Å². The Morgan fingerprint density at radius 2 is 1.81 bits per heavy atom. The van der Waals surface area contributed by atoms with Gasteiger partial charge in [-0.15, -0.1) is 0 Å². The number of aromatic nitrogens is 2. The van der Waals surface area contributed by atoms with Crippen LogP contribution in [0.3, 0.4) is 0 Å². The third-order valence-corrected chi connectivity index (χ3v) is 3.22. The van der Waals surface area contributed by atoms with Gasteiger partial charge in [-0.25, -0.2) is 4.98 Å². The van der Waals surface area contributed by atoms with Gasteiger partial charge < -0.3 is 10.1 Å². The standard InChI is InChI=1S/C16H20ClN3O/c1-16(2,3)15-19-13(9-14(20-15)21-4)18-10-11-5-7-12(17)8-6-11/h5-9H,10H2,1-4H3,(H,18,19,20). The van der Waals surface area contributed by atoms with Crippen molar-refractivity contribution in [1.29, 1.82) is 0 Å². The van der Waals surface area contributed by atoms with Gasteiger partial charge in [0, 0.05) is 23.0 Å². The van der Waals surface area contributed by atoms with Crippen molar-refractivity contribution in [2.45, 2.75) is 32.7 Å². The lowest BCUT2D eigenvalue weighted by Gasteiger charge is -2.18. The highest BCUT2D eigenvalue weighted by Crippen LogP contribution is 2.23. The van der Waals surface area contributed by atoms with E-state index in [9.17, 15) is 0 Å². The zero-order valence-electron chi connectivity index (χ0n) is 12.8. The Morgan fingerprint density at radius 1 is 1.14 bits per heavy atom. The average molecular weight is 306 g/mol. The van der Waals surface area contributed by atoms with Crippen molar-refractivity contribution < 1.29 is 4.74 Å². The fourth-order valence-electron chi connectivity index (χ4n) is 1.75. The van der Waals surface area contributed by atoms with Crippen molar-refractivity contribution in [3.05, 3.63) is 46.7 Å². The van der Waals surface area contributed by atoms with Gasteiger partial charge in [-0.2, -0.15) is 4.98 Å². The van der Waals surface area contributed by atoms with Gasteiger partial charge >= 0.3 is 0 Å². The lowest BCUT2D eigenvalue weighted by atomic mass is 9.96. The minimum Gasteiger partial charge on any atom is -0.481 e. The van der Waals surface area contributed by atoms with Gasteiger partial charge in [0.15, 0.2) is 0 Å². The fourth-order valence-corrected chi connectivity index (χ4v) is 1.88. The van der Waals surface area contributed by atoms with Gasteiger partial charge in [-0.3, -0.25) is 0 Å². The molecule has 21 heavy (non-hydrogen) atoms.